The second kappa shape index (κ2) is 6.41. The molecule has 1 N–H and O–H groups in total. The Balaban J connectivity index is 2.97. The molecule has 0 aliphatic carbocycles. The lowest BCUT2D eigenvalue weighted by atomic mass is 9.88. The van der Waals surface area contributed by atoms with Crippen molar-refractivity contribution in [2.45, 2.75) is 40.2 Å². The zero-order valence-electron chi connectivity index (χ0n) is 11.5. The van der Waals surface area contributed by atoms with Crippen LogP contribution in [0.25, 0.3) is 0 Å². The molecule has 0 bridgehead atoms. The maximum atomic E-state index is 6.24. The molecular weight excluding hydrogens is 234 g/mol. The van der Waals surface area contributed by atoms with E-state index in [-0.39, 0.29) is 6.04 Å². The summed E-state index contributed by atoms with van der Waals surface area (Å²) < 4.78 is 1.88. The summed E-state index contributed by atoms with van der Waals surface area (Å²) in [6.45, 7) is 9.94. The van der Waals surface area contributed by atoms with Crippen LogP contribution in [0.5, 0.6) is 0 Å². The molecule has 17 heavy (non-hydrogen) atoms. The zero-order chi connectivity index (χ0) is 13.0. The quantitative estimate of drug-likeness (QED) is 0.847. The SMILES string of the molecule is CCCNC(c1c(Cl)cnn1C)C(C)C(C)C. The highest BCUT2D eigenvalue weighted by Crippen LogP contribution is 2.31. The highest BCUT2D eigenvalue weighted by Gasteiger charge is 2.26. The first-order valence-electron chi connectivity index (χ1n) is 6.39. The van der Waals surface area contributed by atoms with Crippen molar-refractivity contribution in [1.29, 1.82) is 0 Å². The maximum absolute atomic E-state index is 6.24. The molecule has 0 radical (unpaired) electrons. The largest absolute Gasteiger partial charge is 0.308 e. The summed E-state index contributed by atoms with van der Waals surface area (Å²) in [5.41, 5.74) is 1.10. The van der Waals surface area contributed by atoms with E-state index in [4.69, 9.17) is 11.6 Å². The van der Waals surface area contributed by atoms with E-state index < -0.39 is 0 Å². The minimum Gasteiger partial charge on any atom is -0.308 e. The van der Waals surface area contributed by atoms with Crippen LogP contribution < -0.4 is 5.32 Å². The van der Waals surface area contributed by atoms with Crippen molar-refractivity contribution in [2.75, 3.05) is 6.54 Å². The van der Waals surface area contributed by atoms with E-state index in [0.29, 0.717) is 11.8 Å². The van der Waals surface area contributed by atoms with Crippen LogP contribution >= 0.6 is 11.6 Å². The van der Waals surface area contributed by atoms with Crippen LogP contribution in [0.1, 0.15) is 45.9 Å². The predicted molar refractivity (Wildman–Crippen MR) is 73.3 cm³/mol. The Morgan fingerprint density at radius 2 is 2.06 bits per heavy atom. The summed E-state index contributed by atoms with van der Waals surface area (Å²) in [4.78, 5) is 0. The van der Waals surface area contributed by atoms with Gasteiger partial charge in [-0.2, -0.15) is 5.10 Å². The fourth-order valence-corrected chi connectivity index (χ4v) is 2.27. The van der Waals surface area contributed by atoms with Gasteiger partial charge in [0.05, 0.1) is 23.0 Å². The van der Waals surface area contributed by atoms with E-state index in [0.717, 1.165) is 23.7 Å². The van der Waals surface area contributed by atoms with Crippen molar-refractivity contribution in [1.82, 2.24) is 15.1 Å². The van der Waals surface area contributed by atoms with E-state index in [9.17, 15) is 0 Å². The number of hydrogen-bond acceptors (Lipinski definition) is 2. The third-order valence-electron chi connectivity index (χ3n) is 3.42. The average Bonchev–Trinajstić information content (AvgIpc) is 2.60. The van der Waals surface area contributed by atoms with Gasteiger partial charge >= 0.3 is 0 Å². The standard InChI is InChI=1S/C13H24ClN3/c1-6-7-15-12(10(4)9(2)3)13-11(14)8-16-17(13)5/h8-10,12,15H,6-7H2,1-5H3. The molecule has 2 atom stereocenters. The van der Waals surface area contributed by atoms with E-state index in [1.165, 1.54) is 0 Å². The maximum Gasteiger partial charge on any atom is 0.0834 e. The van der Waals surface area contributed by atoms with Crippen LogP contribution in [0, 0.1) is 11.8 Å². The number of nitrogens with one attached hydrogen (secondary N) is 1. The summed E-state index contributed by atoms with van der Waals surface area (Å²) in [5, 5.41) is 8.58. The van der Waals surface area contributed by atoms with E-state index in [1.54, 1.807) is 6.20 Å². The second-order valence-electron chi connectivity index (χ2n) is 5.04. The smallest absolute Gasteiger partial charge is 0.0834 e. The molecule has 2 unspecified atom stereocenters. The Hall–Kier alpha value is -0.540. The van der Waals surface area contributed by atoms with Gasteiger partial charge in [-0.3, -0.25) is 4.68 Å². The van der Waals surface area contributed by atoms with Crippen molar-refractivity contribution in [2.24, 2.45) is 18.9 Å². The van der Waals surface area contributed by atoms with Gasteiger partial charge in [-0.1, -0.05) is 39.3 Å². The van der Waals surface area contributed by atoms with E-state index in [2.05, 4.69) is 38.1 Å². The average molecular weight is 258 g/mol. The Morgan fingerprint density at radius 3 is 2.47 bits per heavy atom. The second-order valence-corrected chi connectivity index (χ2v) is 5.44. The van der Waals surface area contributed by atoms with Crippen molar-refractivity contribution < 1.29 is 0 Å². The zero-order valence-corrected chi connectivity index (χ0v) is 12.3. The van der Waals surface area contributed by atoms with Gasteiger partial charge in [-0.05, 0) is 24.8 Å². The van der Waals surface area contributed by atoms with E-state index in [1.807, 2.05) is 11.7 Å². The fourth-order valence-electron chi connectivity index (χ4n) is 1.99. The van der Waals surface area contributed by atoms with Crippen molar-refractivity contribution in [3.63, 3.8) is 0 Å². The number of halogens is 1. The minimum atomic E-state index is 0.273. The summed E-state index contributed by atoms with van der Waals surface area (Å²) >= 11 is 6.24. The number of aromatic nitrogens is 2. The number of aryl methyl sites for hydroxylation is 1. The highest BCUT2D eigenvalue weighted by atomic mass is 35.5. The normalized spacial score (nSPS) is 15.2. The van der Waals surface area contributed by atoms with Crippen LogP contribution in [0.4, 0.5) is 0 Å². The molecule has 4 heteroatoms. The minimum absolute atomic E-state index is 0.273. The van der Waals surface area contributed by atoms with Crippen LogP contribution in [0.3, 0.4) is 0 Å². The Kier molecular flexibility index (Phi) is 5.47. The summed E-state index contributed by atoms with van der Waals surface area (Å²) in [7, 11) is 1.95. The number of rotatable bonds is 6. The molecule has 0 aromatic carbocycles. The molecule has 1 aromatic rings. The molecule has 1 rings (SSSR count). The third kappa shape index (κ3) is 3.46. The van der Waals surface area contributed by atoms with Gasteiger partial charge in [0.2, 0.25) is 0 Å². The first kappa shape index (κ1) is 14.5. The monoisotopic (exact) mass is 257 g/mol. The molecule has 0 aliphatic heterocycles. The molecule has 0 amide bonds. The molecule has 0 saturated heterocycles. The summed E-state index contributed by atoms with van der Waals surface area (Å²) in [6.07, 6.45) is 2.85. The molecule has 0 saturated carbocycles. The van der Waals surface area contributed by atoms with Gasteiger partial charge in [0.1, 0.15) is 0 Å². The van der Waals surface area contributed by atoms with Crippen molar-refractivity contribution in [3.8, 4) is 0 Å². The van der Waals surface area contributed by atoms with Gasteiger partial charge in [0, 0.05) is 7.05 Å². The van der Waals surface area contributed by atoms with Crippen LogP contribution in [0.2, 0.25) is 5.02 Å². The molecule has 0 aliphatic rings. The lowest BCUT2D eigenvalue weighted by Crippen LogP contribution is -2.32. The fraction of sp³-hybridized carbons (Fsp3) is 0.769. The first-order valence-corrected chi connectivity index (χ1v) is 6.77. The molecular formula is C13H24ClN3. The van der Waals surface area contributed by atoms with Crippen LogP contribution in [-0.4, -0.2) is 16.3 Å². The molecule has 0 fully saturated rings. The topological polar surface area (TPSA) is 29.9 Å². The van der Waals surface area contributed by atoms with Gasteiger partial charge < -0.3 is 5.32 Å². The van der Waals surface area contributed by atoms with E-state index >= 15 is 0 Å². The van der Waals surface area contributed by atoms with Crippen LogP contribution in [0.15, 0.2) is 6.20 Å². The van der Waals surface area contributed by atoms with Crippen molar-refractivity contribution in [3.05, 3.63) is 16.9 Å². The van der Waals surface area contributed by atoms with Gasteiger partial charge in [0.25, 0.3) is 0 Å². The number of nitrogens with zero attached hydrogens (tertiary/aromatic N) is 2. The van der Waals surface area contributed by atoms with Crippen molar-refractivity contribution >= 4 is 11.6 Å². The molecule has 1 heterocycles. The van der Waals surface area contributed by atoms with Gasteiger partial charge in [-0.25, -0.2) is 0 Å². The molecule has 3 nitrogen and oxygen atoms in total. The van der Waals surface area contributed by atoms with Gasteiger partial charge in [-0.15, -0.1) is 0 Å². The summed E-state index contributed by atoms with van der Waals surface area (Å²) in [6, 6.07) is 0.273. The Bertz CT molecular complexity index is 327. The lowest BCUT2D eigenvalue weighted by molar-refractivity contribution is 0.292. The van der Waals surface area contributed by atoms with Gasteiger partial charge in [0.15, 0.2) is 0 Å². The predicted octanol–water partition coefficient (Wildman–Crippen LogP) is 3.41. The summed E-state index contributed by atoms with van der Waals surface area (Å²) in [5.74, 6) is 1.13. The first-order chi connectivity index (χ1) is 7.99. The Morgan fingerprint density at radius 1 is 1.41 bits per heavy atom. The van der Waals surface area contributed by atoms with Crippen LogP contribution in [-0.2, 0) is 7.05 Å². The third-order valence-corrected chi connectivity index (χ3v) is 3.72. The highest BCUT2D eigenvalue weighted by molar-refractivity contribution is 6.31. The molecule has 98 valence electrons. The lowest BCUT2D eigenvalue weighted by Gasteiger charge is -2.28. The molecule has 0 spiro atoms. The number of hydrogen-bond donors (Lipinski definition) is 1. The Labute approximate surface area is 110 Å². The molecule has 1 aromatic heterocycles.